The number of aromatic nitrogens is 3. The second-order valence-electron chi connectivity index (χ2n) is 6.90. The fourth-order valence-corrected chi connectivity index (χ4v) is 3.27. The van der Waals surface area contributed by atoms with E-state index in [0.717, 1.165) is 27.9 Å². The van der Waals surface area contributed by atoms with Gasteiger partial charge in [-0.05, 0) is 50.1 Å². The third-order valence-corrected chi connectivity index (χ3v) is 4.71. The standard InChI is InChI=1S/C21H26N4O4/c1-12-9-13(2)22-20-19(12)21(24-25(20)4)29-11-18(26)23-14(3)15-7-8-16(27-5)17(10-15)28-6/h7-10,14H,11H2,1-6H3,(H,23,26). The number of fused-ring (bicyclic) bond motifs is 1. The number of rotatable bonds is 7. The highest BCUT2D eigenvalue weighted by atomic mass is 16.5. The van der Waals surface area contributed by atoms with E-state index in [-0.39, 0.29) is 18.6 Å². The number of aryl methyl sites for hydroxylation is 3. The molecule has 0 radical (unpaired) electrons. The topological polar surface area (TPSA) is 87.5 Å². The molecule has 1 N–H and O–H groups in total. The summed E-state index contributed by atoms with van der Waals surface area (Å²) in [5.74, 6) is 1.41. The van der Waals surface area contributed by atoms with Gasteiger partial charge in [0.05, 0.1) is 25.6 Å². The quantitative estimate of drug-likeness (QED) is 0.658. The van der Waals surface area contributed by atoms with Crippen LogP contribution < -0.4 is 19.5 Å². The normalized spacial score (nSPS) is 11.9. The fraction of sp³-hybridized carbons (Fsp3) is 0.381. The van der Waals surface area contributed by atoms with Crippen LogP contribution in [0.1, 0.15) is 29.8 Å². The Morgan fingerprint density at radius 1 is 1.17 bits per heavy atom. The molecule has 0 spiro atoms. The molecular weight excluding hydrogens is 372 g/mol. The van der Waals surface area contributed by atoms with Gasteiger partial charge in [0.15, 0.2) is 23.8 Å². The molecule has 2 aromatic heterocycles. The van der Waals surface area contributed by atoms with Crippen LogP contribution in [0.3, 0.4) is 0 Å². The van der Waals surface area contributed by atoms with Crippen LogP contribution in [0.4, 0.5) is 0 Å². The number of methoxy groups -OCH3 is 2. The van der Waals surface area contributed by atoms with Gasteiger partial charge in [0.1, 0.15) is 0 Å². The van der Waals surface area contributed by atoms with Gasteiger partial charge in [0.2, 0.25) is 5.88 Å². The summed E-state index contributed by atoms with van der Waals surface area (Å²) in [5.41, 5.74) is 3.55. The van der Waals surface area contributed by atoms with E-state index in [2.05, 4.69) is 15.4 Å². The second kappa shape index (κ2) is 8.38. The average Bonchev–Trinajstić information content (AvgIpc) is 3.01. The third kappa shape index (κ3) is 4.26. The largest absolute Gasteiger partial charge is 0.493 e. The number of amides is 1. The Kier molecular flexibility index (Phi) is 5.91. The van der Waals surface area contributed by atoms with E-state index in [9.17, 15) is 4.79 Å². The Balaban J connectivity index is 1.68. The number of nitrogens with one attached hydrogen (secondary N) is 1. The van der Waals surface area contributed by atoms with Crippen molar-refractivity contribution in [2.75, 3.05) is 20.8 Å². The lowest BCUT2D eigenvalue weighted by molar-refractivity contribution is -0.123. The third-order valence-electron chi connectivity index (χ3n) is 4.71. The summed E-state index contributed by atoms with van der Waals surface area (Å²) in [6.45, 7) is 5.66. The molecule has 29 heavy (non-hydrogen) atoms. The number of carbonyl (C=O) groups excluding carboxylic acids is 1. The minimum absolute atomic E-state index is 0.142. The van der Waals surface area contributed by atoms with E-state index in [0.29, 0.717) is 17.4 Å². The van der Waals surface area contributed by atoms with Gasteiger partial charge < -0.3 is 19.5 Å². The van der Waals surface area contributed by atoms with Crippen LogP contribution in [0.15, 0.2) is 24.3 Å². The van der Waals surface area contributed by atoms with Crippen LogP contribution in [-0.2, 0) is 11.8 Å². The zero-order chi connectivity index (χ0) is 21.1. The SMILES string of the molecule is COc1ccc(C(C)NC(=O)COc2nn(C)c3nc(C)cc(C)c23)cc1OC. The van der Waals surface area contributed by atoms with Crippen molar-refractivity contribution in [2.45, 2.75) is 26.8 Å². The summed E-state index contributed by atoms with van der Waals surface area (Å²) in [5, 5.41) is 8.11. The summed E-state index contributed by atoms with van der Waals surface area (Å²) in [4.78, 5) is 16.9. The number of hydrogen-bond acceptors (Lipinski definition) is 6. The maximum atomic E-state index is 12.4. The van der Waals surface area contributed by atoms with Crippen molar-refractivity contribution in [3.8, 4) is 17.4 Å². The zero-order valence-electron chi connectivity index (χ0n) is 17.6. The van der Waals surface area contributed by atoms with Gasteiger partial charge in [-0.1, -0.05) is 6.07 Å². The number of hydrogen-bond donors (Lipinski definition) is 1. The molecule has 1 amide bonds. The highest BCUT2D eigenvalue weighted by Gasteiger charge is 2.17. The molecule has 0 saturated carbocycles. The summed E-state index contributed by atoms with van der Waals surface area (Å²) >= 11 is 0. The Morgan fingerprint density at radius 2 is 1.90 bits per heavy atom. The van der Waals surface area contributed by atoms with Gasteiger partial charge in [0, 0.05) is 12.7 Å². The molecular formula is C21H26N4O4. The first-order valence-corrected chi connectivity index (χ1v) is 9.29. The van der Waals surface area contributed by atoms with Crippen molar-refractivity contribution in [1.82, 2.24) is 20.1 Å². The number of benzene rings is 1. The molecule has 0 aliphatic heterocycles. The highest BCUT2D eigenvalue weighted by molar-refractivity contribution is 5.85. The lowest BCUT2D eigenvalue weighted by Gasteiger charge is -2.16. The number of ether oxygens (including phenoxy) is 3. The van der Waals surface area contributed by atoms with Crippen LogP contribution in [0.5, 0.6) is 17.4 Å². The highest BCUT2D eigenvalue weighted by Crippen LogP contribution is 2.30. The Morgan fingerprint density at radius 3 is 2.59 bits per heavy atom. The lowest BCUT2D eigenvalue weighted by atomic mass is 10.1. The molecule has 1 atom stereocenters. The zero-order valence-corrected chi connectivity index (χ0v) is 17.6. The average molecular weight is 398 g/mol. The van der Waals surface area contributed by atoms with Crippen molar-refractivity contribution in [2.24, 2.45) is 7.05 Å². The summed E-state index contributed by atoms with van der Waals surface area (Å²) in [6, 6.07) is 7.28. The first kappa shape index (κ1) is 20.4. The van der Waals surface area contributed by atoms with Crippen molar-refractivity contribution < 1.29 is 19.0 Å². The predicted molar refractivity (Wildman–Crippen MR) is 110 cm³/mol. The van der Waals surface area contributed by atoms with Gasteiger partial charge in [0.25, 0.3) is 5.91 Å². The molecule has 3 rings (SSSR count). The van der Waals surface area contributed by atoms with Crippen molar-refractivity contribution in [1.29, 1.82) is 0 Å². The molecule has 1 unspecified atom stereocenters. The summed E-state index contributed by atoms with van der Waals surface area (Å²) in [7, 11) is 4.97. The first-order valence-electron chi connectivity index (χ1n) is 9.29. The van der Waals surface area contributed by atoms with Crippen molar-refractivity contribution in [3.05, 3.63) is 41.1 Å². The van der Waals surface area contributed by atoms with Crippen molar-refractivity contribution in [3.63, 3.8) is 0 Å². The molecule has 2 heterocycles. The lowest BCUT2D eigenvalue weighted by Crippen LogP contribution is -2.31. The molecule has 154 valence electrons. The fourth-order valence-electron chi connectivity index (χ4n) is 3.27. The van der Waals surface area contributed by atoms with E-state index in [4.69, 9.17) is 14.2 Å². The molecule has 0 fully saturated rings. The van der Waals surface area contributed by atoms with Gasteiger partial charge in [-0.15, -0.1) is 5.10 Å². The molecule has 1 aromatic carbocycles. The first-order chi connectivity index (χ1) is 13.8. The summed E-state index contributed by atoms with van der Waals surface area (Å²) in [6.07, 6.45) is 0. The van der Waals surface area contributed by atoms with E-state index in [1.165, 1.54) is 0 Å². The smallest absolute Gasteiger partial charge is 0.258 e. The van der Waals surface area contributed by atoms with Crippen molar-refractivity contribution >= 4 is 16.9 Å². The Bertz CT molecular complexity index is 1040. The molecule has 8 heteroatoms. The van der Waals surface area contributed by atoms with E-state index in [1.807, 2.05) is 45.0 Å². The predicted octanol–water partition coefficient (Wildman–Crippen LogP) is 2.86. The number of pyridine rings is 1. The number of nitrogens with zero attached hydrogens (tertiary/aromatic N) is 3. The number of carbonyl (C=O) groups is 1. The van der Waals surface area contributed by atoms with E-state index < -0.39 is 0 Å². The monoisotopic (exact) mass is 398 g/mol. The van der Waals surface area contributed by atoms with E-state index in [1.54, 1.807) is 25.9 Å². The molecule has 0 saturated heterocycles. The van der Waals surface area contributed by atoms with Gasteiger partial charge in [-0.3, -0.25) is 4.79 Å². The molecule has 8 nitrogen and oxygen atoms in total. The minimum Gasteiger partial charge on any atom is -0.493 e. The van der Waals surface area contributed by atoms with Crippen LogP contribution >= 0.6 is 0 Å². The summed E-state index contributed by atoms with van der Waals surface area (Å²) < 4.78 is 17.9. The van der Waals surface area contributed by atoms with Crippen LogP contribution in [0.25, 0.3) is 11.0 Å². The maximum absolute atomic E-state index is 12.4. The molecule has 0 aliphatic rings. The molecule has 0 aliphatic carbocycles. The minimum atomic E-state index is -0.246. The molecule has 3 aromatic rings. The Labute approximate surface area is 169 Å². The van der Waals surface area contributed by atoms with Crippen LogP contribution in [0.2, 0.25) is 0 Å². The van der Waals surface area contributed by atoms with Gasteiger partial charge in [-0.25, -0.2) is 9.67 Å². The Hall–Kier alpha value is -3.29. The molecule has 0 bridgehead atoms. The van der Waals surface area contributed by atoms with Crippen LogP contribution in [0, 0.1) is 13.8 Å². The van der Waals surface area contributed by atoms with Gasteiger partial charge in [-0.2, -0.15) is 0 Å². The van der Waals surface area contributed by atoms with Crippen LogP contribution in [-0.4, -0.2) is 41.5 Å². The second-order valence-corrected chi connectivity index (χ2v) is 6.90. The maximum Gasteiger partial charge on any atom is 0.258 e. The van der Waals surface area contributed by atoms with Gasteiger partial charge >= 0.3 is 0 Å². The van der Waals surface area contributed by atoms with E-state index >= 15 is 0 Å².